The lowest BCUT2D eigenvalue weighted by molar-refractivity contribution is 0.184. The van der Waals surface area contributed by atoms with Crippen LogP contribution in [0.5, 0.6) is 0 Å². The van der Waals surface area contributed by atoms with Crippen molar-refractivity contribution in [3.63, 3.8) is 0 Å². The highest BCUT2D eigenvalue weighted by molar-refractivity contribution is 9.10. The molecular weight excluding hydrogens is 314 g/mol. The van der Waals surface area contributed by atoms with Crippen LogP contribution in [0.3, 0.4) is 0 Å². The highest BCUT2D eigenvalue weighted by atomic mass is 79.9. The molecule has 0 fully saturated rings. The Morgan fingerprint density at radius 1 is 1.10 bits per heavy atom. The van der Waals surface area contributed by atoms with Crippen LogP contribution in [0.25, 0.3) is 0 Å². The van der Waals surface area contributed by atoms with E-state index in [-0.39, 0.29) is 0 Å². The molecule has 0 radical (unpaired) electrons. The molecule has 0 spiro atoms. The van der Waals surface area contributed by atoms with Gasteiger partial charge in [0.15, 0.2) is 0 Å². The second-order valence-corrected chi connectivity index (χ2v) is 5.85. The van der Waals surface area contributed by atoms with Crippen LogP contribution in [0.15, 0.2) is 40.9 Å². The molecule has 0 amide bonds. The van der Waals surface area contributed by atoms with Crippen LogP contribution in [0, 0.1) is 13.8 Å². The van der Waals surface area contributed by atoms with Crippen molar-refractivity contribution in [1.82, 2.24) is 0 Å². The highest BCUT2D eigenvalue weighted by Gasteiger charge is 2.06. The molecule has 2 nitrogen and oxygen atoms in total. The van der Waals surface area contributed by atoms with Gasteiger partial charge in [-0.3, -0.25) is 0 Å². The minimum absolute atomic E-state index is 0.645. The molecule has 0 atom stereocenters. The predicted octanol–water partition coefficient (Wildman–Crippen LogP) is 4.82. The van der Waals surface area contributed by atoms with Crippen LogP contribution in [-0.2, 0) is 17.9 Å². The van der Waals surface area contributed by atoms with Crippen molar-refractivity contribution >= 4 is 21.6 Å². The van der Waals surface area contributed by atoms with Gasteiger partial charge in [0.25, 0.3) is 0 Å². The van der Waals surface area contributed by atoms with Crippen LogP contribution in [-0.4, -0.2) is 7.11 Å². The molecule has 106 valence electrons. The number of halogens is 1. The van der Waals surface area contributed by atoms with Gasteiger partial charge in [-0.2, -0.15) is 0 Å². The summed E-state index contributed by atoms with van der Waals surface area (Å²) in [6.07, 6.45) is 0. The lowest BCUT2D eigenvalue weighted by atomic mass is 10.1. The monoisotopic (exact) mass is 333 g/mol. The van der Waals surface area contributed by atoms with Gasteiger partial charge in [-0.25, -0.2) is 0 Å². The number of hydrogen-bond acceptors (Lipinski definition) is 2. The molecule has 2 rings (SSSR count). The van der Waals surface area contributed by atoms with Gasteiger partial charge in [0, 0.05) is 18.1 Å². The number of benzene rings is 2. The summed E-state index contributed by atoms with van der Waals surface area (Å²) in [5.41, 5.74) is 6.16. The molecule has 0 aliphatic rings. The Morgan fingerprint density at radius 3 is 2.45 bits per heavy atom. The van der Waals surface area contributed by atoms with Crippen LogP contribution in [0.2, 0.25) is 0 Å². The molecule has 0 unspecified atom stereocenters. The fourth-order valence-electron chi connectivity index (χ4n) is 2.35. The largest absolute Gasteiger partial charge is 0.380 e. The lowest BCUT2D eigenvalue weighted by Gasteiger charge is -2.15. The van der Waals surface area contributed by atoms with Gasteiger partial charge in [0.2, 0.25) is 0 Å². The van der Waals surface area contributed by atoms with Crippen LogP contribution in [0.1, 0.15) is 22.3 Å². The third kappa shape index (κ3) is 3.62. The number of hydrogen-bond donors (Lipinski definition) is 1. The predicted molar refractivity (Wildman–Crippen MR) is 88.1 cm³/mol. The number of methoxy groups -OCH3 is 1. The van der Waals surface area contributed by atoms with E-state index in [0.717, 1.165) is 16.7 Å². The minimum Gasteiger partial charge on any atom is -0.380 e. The van der Waals surface area contributed by atoms with E-state index in [1.165, 1.54) is 22.3 Å². The fraction of sp³-hybridized carbons (Fsp3) is 0.294. The smallest absolute Gasteiger partial charge is 0.0716 e. The fourth-order valence-corrected chi connectivity index (χ4v) is 3.16. The van der Waals surface area contributed by atoms with Crippen molar-refractivity contribution in [3.8, 4) is 0 Å². The summed E-state index contributed by atoms with van der Waals surface area (Å²) in [6.45, 7) is 5.67. The summed E-state index contributed by atoms with van der Waals surface area (Å²) in [5.74, 6) is 0. The number of anilines is 1. The SMILES string of the molecule is COCc1ccccc1CNc1c(C)cc(C)cc1Br. The van der Waals surface area contributed by atoms with Gasteiger partial charge < -0.3 is 10.1 Å². The van der Waals surface area contributed by atoms with Crippen LogP contribution >= 0.6 is 15.9 Å². The average Bonchev–Trinajstić information content (AvgIpc) is 2.39. The van der Waals surface area contributed by atoms with Gasteiger partial charge in [-0.15, -0.1) is 0 Å². The van der Waals surface area contributed by atoms with Gasteiger partial charge in [0.1, 0.15) is 0 Å². The van der Waals surface area contributed by atoms with Gasteiger partial charge in [-0.1, -0.05) is 30.3 Å². The normalized spacial score (nSPS) is 10.6. The molecule has 0 saturated heterocycles. The maximum Gasteiger partial charge on any atom is 0.0716 e. The topological polar surface area (TPSA) is 21.3 Å². The molecule has 1 N–H and O–H groups in total. The van der Waals surface area contributed by atoms with E-state index in [2.05, 4.69) is 65.4 Å². The minimum atomic E-state index is 0.645. The molecule has 3 heteroatoms. The van der Waals surface area contributed by atoms with E-state index < -0.39 is 0 Å². The first-order valence-electron chi connectivity index (χ1n) is 6.68. The van der Waals surface area contributed by atoms with Gasteiger partial charge >= 0.3 is 0 Å². The second-order valence-electron chi connectivity index (χ2n) is 4.99. The first-order chi connectivity index (χ1) is 9.61. The number of nitrogens with one attached hydrogen (secondary N) is 1. The van der Waals surface area contributed by atoms with Crippen LogP contribution < -0.4 is 5.32 Å². The molecule has 2 aromatic carbocycles. The zero-order chi connectivity index (χ0) is 14.5. The van der Waals surface area contributed by atoms with Crippen molar-refractivity contribution in [3.05, 3.63) is 63.1 Å². The molecular formula is C17H20BrNO. The van der Waals surface area contributed by atoms with Crippen molar-refractivity contribution in [1.29, 1.82) is 0 Å². The maximum absolute atomic E-state index is 5.25. The summed E-state index contributed by atoms with van der Waals surface area (Å²) in [6, 6.07) is 12.7. The molecule has 0 bridgehead atoms. The van der Waals surface area contributed by atoms with E-state index in [4.69, 9.17) is 4.74 Å². The van der Waals surface area contributed by atoms with Gasteiger partial charge in [-0.05, 0) is 58.1 Å². The molecule has 2 aromatic rings. The zero-order valence-electron chi connectivity index (χ0n) is 12.2. The van der Waals surface area contributed by atoms with E-state index in [0.29, 0.717) is 6.61 Å². The van der Waals surface area contributed by atoms with Gasteiger partial charge in [0.05, 0.1) is 12.3 Å². The van der Waals surface area contributed by atoms with Crippen LogP contribution in [0.4, 0.5) is 5.69 Å². The van der Waals surface area contributed by atoms with Crippen molar-refractivity contribution in [2.45, 2.75) is 27.0 Å². The first-order valence-corrected chi connectivity index (χ1v) is 7.47. The summed E-state index contributed by atoms with van der Waals surface area (Å²) in [4.78, 5) is 0. The molecule has 0 aliphatic carbocycles. The summed E-state index contributed by atoms with van der Waals surface area (Å²) < 4.78 is 6.36. The Morgan fingerprint density at radius 2 is 1.80 bits per heavy atom. The number of aryl methyl sites for hydroxylation is 2. The lowest BCUT2D eigenvalue weighted by Crippen LogP contribution is -2.05. The summed E-state index contributed by atoms with van der Waals surface area (Å²) >= 11 is 3.63. The third-order valence-corrected chi connectivity index (χ3v) is 3.93. The van der Waals surface area contributed by atoms with E-state index in [1.54, 1.807) is 7.11 Å². The number of rotatable bonds is 5. The molecule has 0 saturated carbocycles. The zero-order valence-corrected chi connectivity index (χ0v) is 13.8. The quantitative estimate of drug-likeness (QED) is 0.846. The Bertz CT molecular complexity index is 572. The van der Waals surface area contributed by atoms with Crippen molar-refractivity contribution in [2.75, 3.05) is 12.4 Å². The number of ether oxygens (including phenoxy) is 1. The Kier molecular flexibility index (Phi) is 5.21. The Hall–Kier alpha value is -1.32. The average molecular weight is 334 g/mol. The molecule has 0 aliphatic heterocycles. The van der Waals surface area contributed by atoms with E-state index >= 15 is 0 Å². The maximum atomic E-state index is 5.25. The Balaban J connectivity index is 2.17. The highest BCUT2D eigenvalue weighted by Crippen LogP contribution is 2.28. The van der Waals surface area contributed by atoms with Crippen molar-refractivity contribution < 1.29 is 4.74 Å². The third-order valence-electron chi connectivity index (χ3n) is 3.31. The standard InChI is InChI=1S/C17H20BrNO/c1-12-8-13(2)17(16(18)9-12)19-10-14-6-4-5-7-15(14)11-20-3/h4-9,19H,10-11H2,1-3H3. The summed E-state index contributed by atoms with van der Waals surface area (Å²) in [7, 11) is 1.73. The first kappa shape index (κ1) is 15.1. The molecule has 20 heavy (non-hydrogen) atoms. The Labute approximate surface area is 129 Å². The van der Waals surface area contributed by atoms with E-state index in [1.807, 2.05) is 6.07 Å². The summed E-state index contributed by atoms with van der Waals surface area (Å²) in [5, 5.41) is 3.52. The second kappa shape index (κ2) is 6.91. The van der Waals surface area contributed by atoms with Crippen molar-refractivity contribution in [2.24, 2.45) is 0 Å². The van der Waals surface area contributed by atoms with E-state index in [9.17, 15) is 0 Å². The molecule has 0 aromatic heterocycles. The molecule has 0 heterocycles.